The summed E-state index contributed by atoms with van der Waals surface area (Å²) in [6.07, 6.45) is 1.53. The number of hydrogen-bond acceptors (Lipinski definition) is 6. The van der Waals surface area contributed by atoms with Crippen LogP contribution in [0.25, 0.3) is 0 Å². The SMILES string of the molecule is O=C(Cc1ccccn1)N1CCCC1c1ccnc(Nc2cc(C(F)(F)F)ccn2)n1. The zero-order valence-electron chi connectivity index (χ0n) is 16.4. The van der Waals surface area contributed by atoms with Crippen molar-refractivity contribution in [3.8, 4) is 0 Å². The van der Waals surface area contributed by atoms with Gasteiger partial charge in [-0.1, -0.05) is 6.07 Å². The fourth-order valence-corrected chi connectivity index (χ4v) is 3.54. The molecule has 31 heavy (non-hydrogen) atoms. The molecular formula is C21H19F3N6O. The van der Waals surface area contributed by atoms with Crippen molar-refractivity contribution in [3.63, 3.8) is 0 Å². The summed E-state index contributed by atoms with van der Waals surface area (Å²) in [7, 11) is 0. The van der Waals surface area contributed by atoms with Gasteiger partial charge in [0.05, 0.1) is 23.7 Å². The Hall–Kier alpha value is -3.56. The van der Waals surface area contributed by atoms with Crippen LogP contribution >= 0.6 is 0 Å². The van der Waals surface area contributed by atoms with Gasteiger partial charge < -0.3 is 10.2 Å². The summed E-state index contributed by atoms with van der Waals surface area (Å²) < 4.78 is 38.8. The van der Waals surface area contributed by atoms with Gasteiger partial charge in [-0.3, -0.25) is 9.78 Å². The molecular weight excluding hydrogens is 409 g/mol. The Balaban J connectivity index is 1.50. The van der Waals surface area contributed by atoms with E-state index in [2.05, 4.69) is 25.3 Å². The third-order valence-electron chi connectivity index (χ3n) is 4.98. The maximum absolute atomic E-state index is 12.9. The molecule has 0 radical (unpaired) electrons. The first-order valence-corrected chi connectivity index (χ1v) is 9.73. The standard InChI is InChI=1S/C21H19F3N6O/c22-21(23,24)14-6-9-26-18(12-14)29-20-27-10-7-16(28-20)17-5-3-11-30(17)19(31)13-15-4-1-2-8-25-15/h1-2,4,6-10,12,17H,3,5,11,13H2,(H,26,27,28,29). The van der Waals surface area contributed by atoms with Crippen molar-refractivity contribution in [1.29, 1.82) is 0 Å². The number of nitrogens with one attached hydrogen (secondary N) is 1. The first-order valence-electron chi connectivity index (χ1n) is 9.73. The Morgan fingerprint density at radius 3 is 2.71 bits per heavy atom. The van der Waals surface area contributed by atoms with Gasteiger partial charge in [0.25, 0.3) is 0 Å². The number of amides is 1. The lowest BCUT2D eigenvalue weighted by Gasteiger charge is -2.24. The lowest BCUT2D eigenvalue weighted by molar-refractivity contribution is -0.137. The van der Waals surface area contributed by atoms with Crippen molar-refractivity contribution in [2.45, 2.75) is 31.5 Å². The summed E-state index contributed by atoms with van der Waals surface area (Å²) in [5, 5.41) is 2.72. The molecule has 0 saturated carbocycles. The van der Waals surface area contributed by atoms with Gasteiger partial charge in [-0.15, -0.1) is 0 Å². The normalized spacial score (nSPS) is 16.4. The van der Waals surface area contributed by atoms with E-state index in [4.69, 9.17) is 0 Å². The molecule has 3 aromatic heterocycles. The largest absolute Gasteiger partial charge is 0.416 e. The number of carbonyl (C=O) groups is 1. The molecule has 1 saturated heterocycles. The fraction of sp³-hybridized carbons (Fsp3) is 0.286. The molecule has 7 nitrogen and oxygen atoms in total. The van der Waals surface area contributed by atoms with E-state index in [-0.39, 0.29) is 30.1 Å². The summed E-state index contributed by atoms with van der Waals surface area (Å²) >= 11 is 0. The lowest BCUT2D eigenvalue weighted by Crippen LogP contribution is -2.32. The Morgan fingerprint density at radius 1 is 1.10 bits per heavy atom. The minimum atomic E-state index is -4.47. The van der Waals surface area contributed by atoms with E-state index in [9.17, 15) is 18.0 Å². The number of rotatable bonds is 5. The van der Waals surface area contributed by atoms with Crippen molar-refractivity contribution >= 4 is 17.7 Å². The summed E-state index contributed by atoms with van der Waals surface area (Å²) in [4.78, 5) is 31.2. The highest BCUT2D eigenvalue weighted by atomic mass is 19.4. The number of alkyl halides is 3. The number of likely N-dealkylation sites (tertiary alicyclic amines) is 1. The van der Waals surface area contributed by atoms with Crippen LogP contribution in [0.3, 0.4) is 0 Å². The van der Waals surface area contributed by atoms with Gasteiger partial charge in [0.15, 0.2) is 0 Å². The zero-order chi connectivity index (χ0) is 21.8. The summed E-state index contributed by atoms with van der Waals surface area (Å²) in [6, 6.07) is 8.71. The molecule has 0 bridgehead atoms. The van der Waals surface area contributed by atoms with Crippen molar-refractivity contribution in [2.24, 2.45) is 0 Å². The molecule has 10 heteroatoms. The van der Waals surface area contributed by atoms with E-state index >= 15 is 0 Å². The average molecular weight is 428 g/mol. The van der Waals surface area contributed by atoms with Gasteiger partial charge in [0.1, 0.15) is 5.82 Å². The van der Waals surface area contributed by atoms with Crippen molar-refractivity contribution in [2.75, 3.05) is 11.9 Å². The number of halogens is 3. The number of nitrogens with zero attached hydrogens (tertiary/aromatic N) is 5. The molecule has 160 valence electrons. The predicted molar refractivity (Wildman–Crippen MR) is 106 cm³/mol. The van der Waals surface area contributed by atoms with Gasteiger partial charge in [-0.2, -0.15) is 13.2 Å². The van der Waals surface area contributed by atoms with Gasteiger partial charge >= 0.3 is 6.18 Å². The van der Waals surface area contributed by atoms with Gasteiger partial charge in [0, 0.05) is 30.8 Å². The maximum atomic E-state index is 12.9. The predicted octanol–water partition coefficient (Wildman–Crippen LogP) is 3.94. The minimum absolute atomic E-state index is 0.0125. The second-order valence-corrected chi connectivity index (χ2v) is 7.10. The van der Waals surface area contributed by atoms with E-state index in [0.29, 0.717) is 17.9 Å². The van der Waals surface area contributed by atoms with Crippen LogP contribution in [0.5, 0.6) is 0 Å². The van der Waals surface area contributed by atoms with E-state index < -0.39 is 11.7 Å². The number of anilines is 2. The Morgan fingerprint density at radius 2 is 1.94 bits per heavy atom. The fourth-order valence-electron chi connectivity index (χ4n) is 3.54. The molecule has 4 heterocycles. The third kappa shape index (κ3) is 4.96. The topological polar surface area (TPSA) is 83.9 Å². The van der Waals surface area contributed by atoms with Crippen molar-refractivity contribution in [1.82, 2.24) is 24.8 Å². The van der Waals surface area contributed by atoms with Crippen LogP contribution in [0, 0.1) is 0 Å². The second-order valence-electron chi connectivity index (χ2n) is 7.10. The van der Waals surface area contributed by atoms with Crippen LogP contribution in [0.15, 0.2) is 55.0 Å². The number of aromatic nitrogens is 4. The lowest BCUT2D eigenvalue weighted by atomic mass is 10.1. The Bertz CT molecular complexity index is 1060. The molecule has 0 spiro atoms. The maximum Gasteiger partial charge on any atom is 0.416 e. The molecule has 1 atom stereocenters. The zero-order valence-corrected chi connectivity index (χ0v) is 16.4. The Kier molecular flexibility index (Phi) is 5.79. The molecule has 1 unspecified atom stereocenters. The molecule has 3 aromatic rings. The minimum Gasteiger partial charge on any atom is -0.334 e. The quantitative estimate of drug-likeness (QED) is 0.663. The Labute approximate surface area is 176 Å². The molecule has 0 aliphatic carbocycles. The summed E-state index contributed by atoms with van der Waals surface area (Å²) in [5.41, 5.74) is 0.499. The van der Waals surface area contributed by atoms with E-state index in [0.717, 1.165) is 31.2 Å². The van der Waals surface area contributed by atoms with Crippen LogP contribution in [0.2, 0.25) is 0 Å². The van der Waals surface area contributed by atoms with Gasteiger partial charge in [-0.25, -0.2) is 15.0 Å². The molecule has 1 aliphatic heterocycles. The molecule has 0 aromatic carbocycles. The summed E-state index contributed by atoms with van der Waals surface area (Å²) in [6.45, 7) is 0.609. The second kappa shape index (κ2) is 8.66. The van der Waals surface area contributed by atoms with Crippen LogP contribution in [0.4, 0.5) is 24.9 Å². The van der Waals surface area contributed by atoms with Crippen LogP contribution in [-0.2, 0) is 17.4 Å². The van der Waals surface area contributed by atoms with Crippen LogP contribution < -0.4 is 5.32 Å². The van der Waals surface area contributed by atoms with Gasteiger partial charge in [-0.05, 0) is 43.2 Å². The molecule has 1 aliphatic rings. The molecule has 4 rings (SSSR count). The van der Waals surface area contributed by atoms with Crippen LogP contribution in [0.1, 0.15) is 35.8 Å². The molecule has 1 N–H and O–H groups in total. The number of carbonyl (C=O) groups excluding carboxylic acids is 1. The summed E-state index contributed by atoms with van der Waals surface area (Å²) in [5.74, 6) is 0.0590. The van der Waals surface area contributed by atoms with Crippen molar-refractivity contribution < 1.29 is 18.0 Å². The highest BCUT2D eigenvalue weighted by molar-refractivity contribution is 5.79. The molecule has 1 fully saturated rings. The average Bonchev–Trinajstić information content (AvgIpc) is 3.24. The first kappa shape index (κ1) is 20.7. The third-order valence-corrected chi connectivity index (χ3v) is 4.98. The number of hydrogen-bond donors (Lipinski definition) is 1. The highest BCUT2D eigenvalue weighted by Crippen LogP contribution is 2.32. The van der Waals surface area contributed by atoms with Gasteiger partial charge in [0.2, 0.25) is 11.9 Å². The monoisotopic (exact) mass is 428 g/mol. The highest BCUT2D eigenvalue weighted by Gasteiger charge is 2.32. The van der Waals surface area contributed by atoms with E-state index in [1.54, 1.807) is 29.3 Å². The smallest absolute Gasteiger partial charge is 0.334 e. The van der Waals surface area contributed by atoms with E-state index in [1.807, 2.05) is 6.07 Å². The first-order chi connectivity index (χ1) is 14.9. The van der Waals surface area contributed by atoms with E-state index in [1.165, 1.54) is 6.20 Å². The van der Waals surface area contributed by atoms with Crippen LogP contribution in [-0.4, -0.2) is 37.3 Å². The molecule has 1 amide bonds. The van der Waals surface area contributed by atoms with Crippen molar-refractivity contribution in [3.05, 3.63) is 71.9 Å². The number of pyridine rings is 2.